The molecule has 0 aliphatic heterocycles. The molecule has 0 radical (unpaired) electrons. The van der Waals surface area contributed by atoms with E-state index in [1.807, 2.05) is 54.2 Å². The van der Waals surface area contributed by atoms with Gasteiger partial charge in [0.2, 0.25) is 0 Å². The average molecular weight is 347 g/mol. The highest BCUT2D eigenvalue weighted by Gasteiger charge is 2.09. The van der Waals surface area contributed by atoms with E-state index in [1.54, 1.807) is 6.20 Å². The molecule has 0 fully saturated rings. The van der Waals surface area contributed by atoms with Crippen molar-refractivity contribution in [2.75, 3.05) is 6.79 Å². The van der Waals surface area contributed by atoms with Crippen molar-refractivity contribution in [1.82, 2.24) is 9.78 Å². The van der Waals surface area contributed by atoms with Crippen LogP contribution in [-0.4, -0.2) is 16.6 Å². The molecule has 0 atom stereocenters. The SMILES string of the molecule is Cn1ncc2c(OCOCc3ccccc3)ccc(Br)c21. The van der Waals surface area contributed by atoms with Crippen LogP contribution in [0.2, 0.25) is 0 Å². The molecule has 0 aliphatic rings. The van der Waals surface area contributed by atoms with Gasteiger partial charge in [0.05, 0.1) is 23.7 Å². The second-order valence-electron chi connectivity index (χ2n) is 4.67. The summed E-state index contributed by atoms with van der Waals surface area (Å²) in [6.07, 6.45) is 1.80. The molecule has 0 saturated heterocycles. The van der Waals surface area contributed by atoms with Crippen molar-refractivity contribution in [2.24, 2.45) is 7.05 Å². The number of aryl methyl sites for hydroxylation is 1. The molecule has 4 nitrogen and oxygen atoms in total. The minimum Gasteiger partial charge on any atom is -0.467 e. The molecule has 0 spiro atoms. The van der Waals surface area contributed by atoms with Crippen molar-refractivity contribution >= 4 is 26.8 Å². The lowest BCUT2D eigenvalue weighted by Gasteiger charge is -2.09. The zero-order valence-electron chi connectivity index (χ0n) is 11.6. The van der Waals surface area contributed by atoms with E-state index in [-0.39, 0.29) is 6.79 Å². The maximum absolute atomic E-state index is 5.71. The van der Waals surface area contributed by atoms with Crippen LogP contribution >= 0.6 is 15.9 Å². The largest absolute Gasteiger partial charge is 0.467 e. The maximum atomic E-state index is 5.71. The van der Waals surface area contributed by atoms with Crippen molar-refractivity contribution in [3.63, 3.8) is 0 Å². The Morgan fingerprint density at radius 2 is 1.95 bits per heavy atom. The Bertz CT molecular complexity index is 741. The van der Waals surface area contributed by atoms with E-state index in [4.69, 9.17) is 9.47 Å². The van der Waals surface area contributed by atoms with Gasteiger partial charge in [-0.05, 0) is 33.6 Å². The number of hydrogen-bond donors (Lipinski definition) is 0. The zero-order chi connectivity index (χ0) is 14.7. The number of benzene rings is 2. The lowest BCUT2D eigenvalue weighted by molar-refractivity contribution is 0.00589. The summed E-state index contributed by atoms with van der Waals surface area (Å²) in [5, 5.41) is 5.23. The van der Waals surface area contributed by atoms with E-state index >= 15 is 0 Å². The Balaban J connectivity index is 1.65. The van der Waals surface area contributed by atoms with Gasteiger partial charge in [-0.3, -0.25) is 4.68 Å². The van der Waals surface area contributed by atoms with E-state index < -0.39 is 0 Å². The number of rotatable bonds is 5. The Morgan fingerprint density at radius 1 is 1.14 bits per heavy atom. The van der Waals surface area contributed by atoms with Gasteiger partial charge in [-0.15, -0.1) is 0 Å². The molecule has 21 heavy (non-hydrogen) atoms. The second-order valence-corrected chi connectivity index (χ2v) is 5.53. The fraction of sp³-hybridized carbons (Fsp3) is 0.188. The highest BCUT2D eigenvalue weighted by Crippen LogP contribution is 2.31. The van der Waals surface area contributed by atoms with Gasteiger partial charge in [0.15, 0.2) is 6.79 Å². The molecule has 0 unspecified atom stereocenters. The normalized spacial score (nSPS) is 11.0. The number of nitrogens with zero attached hydrogens (tertiary/aromatic N) is 2. The molecular formula is C16H15BrN2O2. The highest BCUT2D eigenvalue weighted by atomic mass is 79.9. The Labute approximate surface area is 131 Å². The Kier molecular flexibility index (Phi) is 4.22. The summed E-state index contributed by atoms with van der Waals surface area (Å²) in [7, 11) is 1.91. The molecule has 3 aromatic rings. The monoisotopic (exact) mass is 346 g/mol. The minimum atomic E-state index is 0.209. The maximum Gasteiger partial charge on any atom is 0.189 e. The molecule has 0 N–H and O–H groups in total. The molecule has 0 aliphatic carbocycles. The molecule has 108 valence electrons. The summed E-state index contributed by atoms with van der Waals surface area (Å²) in [5.41, 5.74) is 2.14. The van der Waals surface area contributed by atoms with Crippen LogP contribution in [0, 0.1) is 0 Å². The van der Waals surface area contributed by atoms with E-state index in [0.29, 0.717) is 6.61 Å². The van der Waals surface area contributed by atoms with Gasteiger partial charge < -0.3 is 9.47 Å². The molecule has 0 bridgehead atoms. The quantitative estimate of drug-likeness (QED) is 0.519. The first-order chi connectivity index (χ1) is 10.3. The molecular weight excluding hydrogens is 332 g/mol. The van der Waals surface area contributed by atoms with Crippen molar-refractivity contribution in [1.29, 1.82) is 0 Å². The topological polar surface area (TPSA) is 36.3 Å². The number of halogens is 1. The predicted molar refractivity (Wildman–Crippen MR) is 85.1 cm³/mol. The summed E-state index contributed by atoms with van der Waals surface area (Å²) < 4.78 is 14.1. The summed E-state index contributed by atoms with van der Waals surface area (Å²) in [6.45, 7) is 0.744. The molecule has 3 rings (SSSR count). The molecule has 1 aromatic heterocycles. The van der Waals surface area contributed by atoms with Crippen LogP contribution in [0.4, 0.5) is 0 Å². The van der Waals surface area contributed by atoms with Gasteiger partial charge in [0.1, 0.15) is 5.75 Å². The van der Waals surface area contributed by atoms with Crippen LogP contribution in [0.5, 0.6) is 5.75 Å². The highest BCUT2D eigenvalue weighted by molar-refractivity contribution is 9.10. The Morgan fingerprint density at radius 3 is 2.76 bits per heavy atom. The van der Waals surface area contributed by atoms with Crippen molar-refractivity contribution in [2.45, 2.75) is 6.61 Å². The van der Waals surface area contributed by atoms with Crippen molar-refractivity contribution < 1.29 is 9.47 Å². The zero-order valence-corrected chi connectivity index (χ0v) is 13.2. The van der Waals surface area contributed by atoms with Crippen LogP contribution in [0.1, 0.15) is 5.56 Å². The van der Waals surface area contributed by atoms with Crippen molar-refractivity contribution in [3.8, 4) is 5.75 Å². The van der Waals surface area contributed by atoms with E-state index in [9.17, 15) is 0 Å². The number of aromatic nitrogens is 2. The molecule has 5 heteroatoms. The first-order valence-corrected chi connectivity index (χ1v) is 7.39. The van der Waals surface area contributed by atoms with Crippen LogP contribution < -0.4 is 4.74 Å². The minimum absolute atomic E-state index is 0.209. The first kappa shape index (κ1) is 14.1. The lowest BCUT2D eigenvalue weighted by atomic mass is 10.2. The number of hydrogen-bond acceptors (Lipinski definition) is 3. The molecule has 0 saturated carbocycles. The van der Waals surface area contributed by atoms with Crippen molar-refractivity contribution in [3.05, 3.63) is 58.7 Å². The average Bonchev–Trinajstić information content (AvgIpc) is 2.90. The van der Waals surface area contributed by atoms with Crippen LogP contribution in [0.3, 0.4) is 0 Å². The van der Waals surface area contributed by atoms with Crippen LogP contribution in [0.25, 0.3) is 10.9 Å². The van der Waals surface area contributed by atoms with E-state index in [0.717, 1.165) is 26.7 Å². The fourth-order valence-corrected chi connectivity index (χ4v) is 2.79. The van der Waals surface area contributed by atoms with Gasteiger partial charge in [-0.1, -0.05) is 30.3 Å². The summed E-state index contributed by atoms with van der Waals surface area (Å²) in [5.74, 6) is 0.773. The lowest BCUT2D eigenvalue weighted by Crippen LogP contribution is -2.03. The summed E-state index contributed by atoms with van der Waals surface area (Å²) in [6, 6.07) is 13.9. The van der Waals surface area contributed by atoms with Gasteiger partial charge >= 0.3 is 0 Å². The fourth-order valence-electron chi connectivity index (χ4n) is 2.18. The molecule has 2 aromatic carbocycles. The first-order valence-electron chi connectivity index (χ1n) is 6.60. The number of fused-ring (bicyclic) bond motifs is 1. The third-order valence-electron chi connectivity index (χ3n) is 3.22. The van der Waals surface area contributed by atoms with E-state index in [1.165, 1.54) is 0 Å². The van der Waals surface area contributed by atoms with Crippen LogP contribution in [0.15, 0.2) is 53.1 Å². The molecule has 0 amide bonds. The van der Waals surface area contributed by atoms with Gasteiger partial charge in [0.25, 0.3) is 0 Å². The standard InChI is InChI=1S/C16H15BrN2O2/c1-19-16-13(9-18-19)15(8-7-14(16)17)21-11-20-10-12-5-3-2-4-6-12/h2-9H,10-11H2,1H3. The summed E-state index contributed by atoms with van der Waals surface area (Å²) >= 11 is 3.53. The van der Waals surface area contributed by atoms with Gasteiger partial charge in [-0.2, -0.15) is 5.10 Å². The van der Waals surface area contributed by atoms with Gasteiger partial charge in [-0.25, -0.2) is 0 Å². The third-order valence-corrected chi connectivity index (χ3v) is 3.86. The third kappa shape index (κ3) is 3.09. The number of ether oxygens (including phenoxy) is 2. The molecule has 1 heterocycles. The second kappa shape index (κ2) is 6.28. The van der Waals surface area contributed by atoms with E-state index in [2.05, 4.69) is 21.0 Å². The van der Waals surface area contributed by atoms with Gasteiger partial charge in [0, 0.05) is 11.5 Å². The predicted octanol–water partition coefficient (Wildman–Crippen LogP) is 3.89. The van der Waals surface area contributed by atoms with Crippen LogP contribution in [-0.2, 0) is 18.4 Å². The Hall–Kier alpha value is -1.85. The smallest absolute Gasteiger partial charge is 0.189 e. The summed E-state index contributed by atoms with van der Waals surface area (Å²) in [4.78, 5) is 0.